The molecule has 146 valence electrons. The van der Waals surface area contributed by atoms with Crippen molar-refractivity contribution in [2.75, 3.05) is 26.0 Å². The molecule has 28 heavy (non-hydrogen) atoms. The number of hydrogen-bond donors (Lipinski definition) is 0. The van der Waals surface area contributed by atoms with Gasteiger partial charge in [-0.25, -0.2) is 4.57 Å². The molecule has 2 aromatic carbocycles. The number of benzene rings is 2. The highest BCUT2D eigenvalue weighted by Gasteiger charge is 2.28. The molecule has 1 saturated heterocycles. The molecule has 2 heterocycles. The lowest BCUT2D eigenvalue weighted by atomic mass is 9.99. The van der Waals surface area contributed by atoms with Crippen molar-refractivity contribution in [3.05, 3.63) is 54.9 Å². The van der Waals surface area contributed by atoms with Gasteiger partial charge in [0, 0.05) is 40.7 Å². The third kappa shape index (κ3) is 4.03. The molecule has 0 unspecified atom stereocenters. The molecule has 0 N–H and O–H groups in total. The molecule has 0 amide bonds. The van der Waals surface area contributed by atoms with E-state index in [1.165, 1.54) is 26.8 Å². The molecule has 0 bridgehead atoms. The molecular formula is C24H29N2OS+. The Morgan fingerprint density at radius 1 is 1.11 bits per heavy atom. The molecule has 0 aliphatic carbocycles. The van der Waals surface area contributed by atoms with E-state index in [-0.39, 0.29) is 0 Å². The molecule has 1 aliphatic rings. The normalized spacial score (nSPS) is 15.2. The molecule has 1 aliphatic heterocycles. The highest BCUT2D eigenvalue weighted by atomic mass is 32.2. The maximum Gasteiger partial charge on any atom is 0.177 e. The Kier molecular flexibility index (Phi) is 5.61. The van der Waals surface area contributed by atoms with Crippen LogP contribution in [-0.2, 0) is 7.05 Å². The number of thioether (sulfide) groups is 1. The Hall–Kier alpha value is -2.04. The van der Waals surface area contributed by atoms with Gasteiger partial charge in [-0.15, -0.1) is 11.8 Å². The first-order valence-electron chi connectivity index (χ1n) is 9.98. The second kappa shape index (κ2) is 8.14. The van der Waals surface area contributed by atoms with Crippen molar-refractivity contribution >= 4 is 22.5 Å². The second-order valence-electron chi connectivity index (χ2n) is 8.04. The summed E-state index contributed by atoms with van der Waals surface area (Å²) in [5.74, 6) is 1.61. The largest absolute Gasteiger partial charge is 0.493 e. The van der Waals surface area contributed by atoms with E-state index in [0.29, 0.717) is 12.0 Å². The zero-order chi connectivity index (χ0) is 19.7. The molecule has 0 radical (unpaired) electrons. The lowest BCUT2D eigenvalue weighted by molar-refractivity contribution is -0.669. The van der Waals surface area contributed by atoms with Crippen LogP contribution in [0.1, 0.15) is 13.8 Å². The van der Waals surface area contributed by atoms with Crippen molar-refractivity contribution in [3.63, 3.8) is 0 Å². The summed E-state index contributed by atoms with van der Waals surface area (Å²) in [7, 11) is 2.08. The van der Waals surface area contributed by atoms with Gasteiger partial charge in [-0.1, -0.05) is 12.1 Å². The lowest BCUT2D eigenvalue weighted by Gasteiger charge is -2.41. The fourth-order valence-corrected chi connectivity index (χ4v) is 4.27. The number of rotatable bonds is 6. The van der Waals surface area contributed by atoms with Gasteiger partial charge in [-0.2, -0.15) is 0 Å². The fourth-order valence-electron chi connectivity index (χ4n) is 3.86. The van der Waals surface area contributed by atoms with E-state index < -0.39 is 0 Å². The smallest absolute Gasteiger partial charge is 0.177 e. The highest BCUT2D eigenvalue weighted by Crippen LogP contribution is 2.31. The molecule has 3 aromatic rings. The minimum Gasteiger partial charge on any atom is -0.493 e. The van der Waals surface area contributed by atoms with Crippen molar-refractivity contribution < 1.29 is 9.30 Å². The van der Waals surface area contributed by atoms with Crippen molar-refractivity contribution in [2.24, 2.45) is 13.0 Å². The van der Waals surface area contributed by atoms with Gasteiger partial charge < -0.3 is 9.64 Å². The average molecular weight is 394 g/mol. The summed E-state index contributed by atoms with van der Waals surface area (Å²) >= 11 is 1.77. The number of likely N-dealkylation sites (tertiary alicyclic amines) is 1. The van der Waals surface area contributed by atoms with Crippen LogP contribution in [0, 0.1) is 5.92 Å². The summed E-state index contributed by atoms with van der Waals surface area (Å²) in [6.45, 7) is 7.61. The fraction of sp³-hybridized carbons (Fsp3) is 0.375. The van der Waals surface area contributed by atoms with Crippen LogP contribution >= 0.6 is 11.8 Å². The molecule has 1 fully saturated rings. The van der Waals surface area contributed by atoms with Crippen LogP contribution in [0.5, 0.6) is 5.75 Å². The molecule has 0 atom stereocenters. The van der Waals surface area contributed by atoms with Gasteiger partial charge in [-0.3, -0.25) is 0 Å². The number of aromatic nitrogens is 1. The number of pyridine rings is 1. The van der Waals surface area contributed by atoms with Crippen molar-refractivity contribution in [1.29, 1.82) is 0 Å². The standard InChI is InChI=1S/C24H29N2OS/c1-17(2)26-12-18(13-26)16-27-21-7-10-23-20(11-21)14-25(3)15-24(23)19-5-8-22(28-4)9-6-19/h5-11,14-15,17-18H,12-13,16H2,1-4H3/q+1. The van der Waals surface area contributed by atoms with Crippen LogP contribution in [0.3, 0.4) is 0 Å². The number of ether oxygens (including phenoxy) is 1. The van der Waals surface area contributed by atoms with Crippen molar-refractivity contribution in [2.45, 2.75) is 24.8 Å². The third-order valence-electron chi connectivity index (χ3n) is 5.59. The van der Waals surface area contributed by atoms with Gasteiger partial charge in [0.25, 0.3) is 0 Å². The van der Waals surface area contributed by atoms with Crippen molar-refractivity contribution in [3.8, 4) is 16.9 Å². The molecule has 0 spiro atoms. The minimum atomic E-state index is 0.639. The second-order valence-corrected chi connectivity index (χ2v) is 8.92. The van der Waals surface area contributed by atoms with Gasteiger partial charge in [0.05, 0.1) is 12.2 Å². The maximum absolute atomic E-state index is 6.12. The zero-order valence-corrected chi connectivity index (χ0v) is 18.0. The van der Waals surface area contributed by atoms with Crippen LogP contribution in [0.4, 0.5) is 0 Å². The molecule has 4 heteroatoms. The lowest BCUT2D eigenvalue weighted by Crippen LogP contribution is -2.52. The monoisotopic (exact) mass is 393 g/mol. The maximum atomic E-state index is 6.12. The van der Waals surface area contributed by atoms with E-state index in [2.05, 4.69) is 91.5 Å². The first-order chi connectivity index (χ1) is 13.5. The Morgan fingerprint density at radius 2 is 1.86 bits per heavy atom. The molecule has 3 nitrogen and oxygen atoms in total. The van der Waals surface area contributed by atoms with Gasteiger partial charge in [0.15, 0.2) is 12.4 Å². The van der Waals surface area contributed by atoms with E-state index in [4.69, 9.17) is 4.74 Å². The SMILES string of the molecule is CSc1ccc(-c2c[n+](C)cc3cc(OCC4CN(C(C)C)C4)ccc23)cc1. The summed E-state index contributed by atoms with van der Waals surface area (Å²) in [6.07, 6.45) is 6.48. The first kappa shape index (κ1) is 19.3. The van der Waals surface area contributed by atoms with Gasteiger partial charge in [0.2, 0.25) is 0 Å². The predicted octanol–water partition coefficient (Wildman–Crippen LogP) is 4.77. The van der Waals surface area contributed by atoms with Gasteiger partial charge >= 0.3 is 0 Å². The predicted molar refractivity (Wildman–Crippen MR) is 118 cm³/mol. The third-order valence-corrected chi connectivity index (χ3v) is 6.33. The first-order valence-corrected chi connectivity index (χ1v) is 11.2. The summed E-state index contributed by atoms with van der Waals surface area (Å²) in [6, 6.07) is 15.9. The number of hydrogen-bond acceptors (Lipinski definition) is 3. The molecule has 1 aromatic heterocycles. The van der Waals surface area contributed by atoms with E-state index in [9.17, 15) is 0 Å². The Balaban J connectivity index is 1.54. The summed E-state index contributed by atoms with van der Waals surface area (Å²) in [4.78, 5) is 3.78. The number of fused-ring (bicyclic) bond motifs is 1. The summed E-state index contributed by atoms with van der Waals surface area (Å²) in [5, 5.41) is 2.47. The minimum absolute atomic E-state index is 0.639. The van der Waals surface area contributed by atoms with Gasteiger partial charge in [0.1, 0.15) is 12.8 Å². The average Bonchev–Trinajstić information content (AvgIpc) is 2.65. The van der Waals surface area contributed by atoms with Crippen LogP contribution < -0.4 is 9.30 Å². The number of aryl methyl sites for hydroxylation is 1. The van der Waals surface area contributed by atoms with Crippen molar-refractivity contribution in [1.82, 2.24) is 4.90 Å². The van der Waals surface area contributed by atoms with E-state index >= 15 is 0 Å². The van der Waals surface area contributed by atoms with Crippen LogP contribution in [0.2, 0.25) is 0 Å². The van der Waals surface area contributed by atoms with Crippen LogP contribution in [0.15, 0.2) is 59.8 Å². The summed E-state index contributed by atoms with van der Waals surface area (Å²) in [5.41, 5.74) is 2.50. The van der Waals surface area contributed by atoms with E-state index in [1.807, 2.05) is 0 Å². The molecular weight excluding hydrogens is 364 g/mol. The van der Waals surface area contributed by atoms with Crippen LogP contribution in [-0.4, -0.2) is 36.9 Å². The Morgan fingerprint density at radius 3 is 2.54 bits per heavy atom. The van der Waals surface area contributed by atoms with E-state index in [1.54, 1.807) is 11.8 Å². The summed E-state index contributed by atoms with van der Waals surface area (Å²) < 4.78 is 8.26. The topological polar surface area (TPSA) is 16.4 Å². The zero-order valence-electron chi connectivity index (χ0n) is 17.2. The van der Waals surface area contributed by atoms with Crippen LogP contribution in [0.25, 0.3) is 21.9 Å². The van der Waals surface area contributed by atoms with Gasteiger partial charge in [-0.05, 0) is 56.0 Å². The Bertz CT molecular complexity index is 962. The van der Waals surface area contributed by atoms with E-state index in [0.717, 1.165) is 25.4 Å². The molecule has 0 saturated carbocycles. The highest BCUT2D eigenvalue weighted by molar-refractivity contribution is 7.98. The Labute approximate surface area is 172 Å². The quantitative estimate of drug-likeness (QED) is 0.443. The number of nitrogens with zero attached hydrogens (tertiary/aromatic N) is 2. The molecule has 4 rings (SSSR count).